The zero-order valence-corrected chi connectivity index (χ0v) is 19.9. The van der Waals surface area contributed by atoms with Crippen LogP contribution in [0.3, 0.4) is 0 Å². The number of aromatic nitrogens is 1. The van der Waals surface area contributed by atoms with Gasteiger partial charge in [0.05, 0.1) is 33.5 Å². The molecule has 3 rings (SSSR count). The Hall–Kier alpha value is -3.24. The highest BCUT2D eigenvalue weighted by Crippen LogP contribution is 2.35. The fourth-order valence-corrected chi connectivity index (χ4v) is 3.87. The summed E-state index contributed by atoms with van der Waals surface area (Å²) in [6, 6.07) is 8.31. The predicted octanol–water partition coefficient (Wildman–Crippen LogP) is 4.94. The van der Waals surface area contributed by atoms with Gasteiger partial charge in [0.25, 0.3) is 0 Å². The van der Waals surface area contributed by atoms with Crippen LogP contribution in [-0.2, 0) is 17.9 Å². The minimum atomic E-state index is -0.653. The molecule has 3 aromatic rings. The lowest BCUT2D eigenvalue weighted by atomic mass is 10.2. The second kappa shape index (κ2) is 11.1. The van der Waals surface area contributed by atoms with Gasteiger partial charge in [-0.3, -0.25) is 0 Å². The molecule has 0 unspecified atom stereocenters. The average molecular weight is 497 g/mol. The third-order valence-corrected chi connectivity index (χ3v) is 5.85. The molecule has 33 heavy (non-hydrogen) atoms. The van der Waals surface area contributed by atoms with Crippen LogP contribution in [0.25, 0.3) is 0 Å². The number of benzene rings is 2. The molecule has 8 nitrogen and oxygen atoms in total. The number of nitrogens with zero attached hydrogens (tertiary/aromatic N) is 1. The second-order valence-corrected chi connectivity index (χ2v) is 7.73. The van der Waals surface area contributed by atoms with Crippen molar-refractivity contribution in [3.05, 3.63) is 57.9 Å². The maximum Gasteiger partial charge on any atom is 0.346 e. The molecule has 0 fully saturated rings. The van der Waals surface area contributed by atoms with Crippen molar-refractivity contribution in [3.8, 4) is 23.1 Å². The van der Waals surface area contributed by atoms with Crippen LogP contribution >= 0.6 is 23.1 Å². The summed E-state index contributed by atoms with van der Waals surface area (Å²) in [5, 5.41) is 3.73. The largest absolute Gasteiger partial charge is 0.497 e. The summed E-state index contributed by atoms with van der Waals surface area (Å²) in [6.07, 6.45) is 0. The first kappa shape index (κ1) is 24.4. The highest BCUT2D eigenvalue weighted by atomic mass is 35.5. The third kappa shape index (κ3) is 5.40. The van der Waals surface area contributed by atoms with Gasteiger partial charge in [0, 0.05) is 23.7 Å². The first-order chi connectivity index (χ1) is 15.9. The van der Waals surface area contributed by atoms with E-state index in [4.69, 9.17) is 35.3 Å². The van der Waals surface area contributed by atoms with E-state index in [0.29, 0.717) is 23.0 Å². The molecule has 0 saturated heterocycles. The number of nitrogens with one attached hydrogen (secondary N) is 1. The smallest absolute Gasteiger partial charge is 0.346 e. The lowest BCUT2D eigenvalue weighted by Gasteiger charge is -2.12. The van der Waals surface area contributed by atoms with Gasteiger partial charge in [-0.25, -0.2) is 9.18 Å². The predicted molar refractivity (Wildman–Crippen MR) is 123 cm³/mol. The van der Waals surface area contributed by atoms with E-state index in [1.165, 1.54) is 26.4 Å². The van der Waals surface area contributed by atoms with Crippen molar-refractivity contribution in [3.63, 3.8) is 0 Å². The van der Waals surface area contributed by atoms with Crippen LogP contribution in [0.1, 0.15) is 21.5 Å². The standard InChI is InChI=1S/C22H22ClFN2O6S/c1-28-13-6-5-12(17(9-13)30-3)10-25-21-18(22(27)31-4)20(26-33-21)32-11-14-15(23)7-8-16(29-2)19(14)24/h5-9,25H,10-11H2,1-4H3. The van der Waals surface area contributed by atoms with Gasteiger partial charge in [0.1, 0.15) is 23.1 Å². The topological polar surface area (TPSA) is 88.1 Å². The number of halogens is 2. The molecule has 0 aliphatic carbocycles. The zero-order chi connectivity index (χ0) is 24.0. The summed E-state index contributed by atoms with van der Waals surface area (Å²) in [6.45, 7) is 0.0659. The number of hydrogen-bond donors (Lipinski definition) is 1. The third-order valence-electron chi connectivity index (χ3n) is 4.71. The second-order valence-electron chi connectivity index (χ2n) is 6.55. The van der Waals surface area contributed by atoms with Crippen molar-refractivity contribution in [2.24, 2.45) is 0 Å². The Balaban J connectivity index is 1.82. The number of hydrogen-bond acceptors (Lipinski definition) is 9. The van der Waals surface area contributed by atoms with E-state index in [1.54, 1.807) is 26.4 Å². The number of ether oxygens (including phenoxy) is 5. The van der Waals surface area contributed by atoms with Gasteiger partial charge >= 0.3 is 5.97 Å². The van der Waals surface area contributed by atoms with E-state index < -0.39 is 11.8 Å². The molecular weight excluding hydrogens is 475 g/mol. The summed E-state index contributed by atoms with van der Waals surface area (Å²) in [5.41, 5.74) is 1.00. The molecule has 0 radical (unpaired) electrons. The number of carbonyl (C=O) groups is 1. The Bertz CT molecular complexity index is 1140. The molecule has 11 heteroatoms. The van der Waals surface area contributed by atoms with E-state index in [0.717, 1.165) is 17.1 Å². The van der Waals surface area contributed by atoms with Crippen LogP contribution in [0, 0.1) is 5.82 Å². The Morgan fingerprint density at radius 1 is 1.09 bits per heavy atom. The first-order valence-corrected chi connectivity index (χ1v) is 10.7. The van der Waals surface area contributed by atoms with Crippen LogP contribution in [0.2, 0.25) is 5.02 Å². The van der Waals surface area contributed by atoms with Crippen LogP contribution < -0.4 is 24.3 Å². The van der Waals surface area contributed by atoms with Crippen molar-refractivity contribution >= 4 is 34.1 Å². The molecule has 0 amide bonds. The van der Waals surface area contributed by atoms with Gasteiger partial charge in [0.15, 0.2) is 17.1 Å². The molecule has 0 atom stereocenters. The minimum absolute atomic E-state index is 0.00525. The number of esters is 1. The summed E-state index contributed by atoms with van der Waals surface area (Å²) < 4.78 is 44.9. The molecule has 0 bridgehead atoms. The molecule has 0 spiro atoms. The van der Waals surface area contributed by atoms with Crippen molar-refractivity contribution in [1.29, 1.82) is 0 Å². The fourth-order valence-electron chi connectivity index (χ4n) is 2.96. The van der Waals surface area contributed by atoms with Crippen LogP contribution in [0.15, 0.2) is 30.3 Å². The summed E-state index contributed by atoms with van der Waals surface area (Å²) in [4.78, 5) is 12.4. The molecule has 1 aromatic heterocycles. The number of methoxy groups -OCH3 is 4. The molecule has 1 heterocycles. The maximum atomic E-state index is 14.6. The normalized spacial score (nSPS) is 10.5. The van der Waals surface area contributed by atoms with E-state index in [-0.39, 0.29) is 34.4 Å². The van der Waals surface area contributed by atoms with E-state index in [1.807, 2.05) is 6.07 Å². The Morgan fingerprint density at radius 2 is 1.85 bits per heavy atom. The van der Waals surface area contributed by atoms with Gasteiger partial charge in [-0.2, -0.15) is 4.37 Å². The molecule has 2 aromatic carbocycles. The number of rotatable bonds is 10. The van der Waals surface area contributed by atoms with Crippen molar-refractivity contribution in [2.75, 3.05) is 33.8 Å². The zero-order valence-electron chi connectivity index (χ0n) is 18.4. The molecule has 176 valence electrons. The van der Waals surface area contributed by atoms with E-state index in [2.05, 4.69) is 9.69 Å². The Kier molecular flexibility index (Phi) is 8.18. The van der Waals surface area contributed by atoms with Crippen molar-refractivity contribution in [1.82, 2.24) is 4.37 Å². The molecule has 0 saturated carbocycles. The van der Waals surface area contributed by atoms with E-state index >= 15 is 0 Å². The summed E-state index contributed by atoms with van der Waals surface area (Å²) in [7, 11) is 5.72. The number of carbonyl (C=O) groups excluding carboxylic acids is 1. The SMILES string of the molecule is COC(=O)c1c(OCc2c(Cl)ccc(OC)c2F)nsc1NCc1ccc(OC)cc1OC. The lowest BCUT2D eigenvalue weighted by Crippen LogP contribution is -2.09. The van der Waals surface area contributed by atoms with Gasteiger partial charge < -0.3 is 29.0 Å². The highest BCUT2D eigenvalue weighted by molar-refractivity contribution is 7.10. The molecule has 0 aliphatic rings. The van der Waals surface area contributed by atoms with Gasteiger partial charge in [0.2, 0.25) is 5.88 Å². The molecular formula is C22H22ClFN2O6S. The molecule has 1 N–H and O–H groups in total. The van der Waals surface area contributed by atoms with Crippen LogP contribution in [0.5, 0.6) is 23.1 Å². The quantitative estimate of drug-likeness (QED) is 0.395. The van der Waals surface area contributed by atoms with Gasteiger partial charge in [-0.1, -0.05) is 11.6 Å². The van der Waals surface area contributed by atoms with Crippen molar-refractivity contribution in [2.45, 2.75) is 13.2 Å². The fraction of sp³-hybridized carbons (Fsp3) is 0.273. The Labute approximate surface area is 199 Å². The monoisotopic (exact) mass is 496 g/mol. The van der Waals surface area contributed by atoms with Crippen LogP contribution in [0.4, 0.5) is 9.39 Å². The lowest BCUT2D eigenvalue weighted by molar-refractivity contribution is 0.0596. The van der Waals surface area contributed by atoms with Gasteiger partial charge in [-0.05, 0) is 35.8 Å². The summed E-state index contributed by atoms with van der Waals surface area (Å²) >= 11 is 7.12. The van der Waals surface area contributed by atoms with Crippen molar-refractivity contribution < 1.29 is 32.9 Å². The van der Waals surface area contributed by atoms with Crippen LogP contribution in [-0.4, -0.2) is 38.8 Å². The maximum absolute atomic E-state index is 14.6. The highest BCUT2D eigenvalue weighted by Gasteiger charge is 2.24. The molecule has 0 aliphatic heterocycles. The van der Waals surface area contributed by atoms with E-state index in [9.17, 15) is 9.18 Å². The minimum Gasteiger partial charge on any atom is -0.497 e. The summed E-state index contributed by atoms with van der Waals surface area (Å²) in [5.74, 6) is -0.00656. The Morgan fingerprint density at radius 3 is 2.52 bits per heavy atom. The average Bonchev–Trinajstić information content (AvgIpc) is 3.24. The number of anilines is 1. The van der Waals surface area contributed by atoms with Gasteiger partial charge in [-0.15, -0.1) is 0 Å². The first-order valence-electron chi connectivity index (χ1n) is 9.59.